The van der Waals surface area contributed by atoms with Crippen molar-refractivity contribution in [1.82, 2.24) is 0 Å². The maximum Gasteiger partial charge on any atom is 0.292 e. The Kier molecular flexibility index (Phi) is 5.32. The largest absolute Gasteiger partial charge is 0.494 e. The predicted octanol–water partition coefficient (Wildman–Crippen LogP) is 4.51. The molecule has 0 saturated carbocycles. The number of carbonyl (C=O) groups is 1. The summed E-state index contributed by atoms with van der Waals surface area (Å²) < 4.78 is 17.3. The molecule has 0 aliphatic carbocycles. The van der Waals surface area contributed by atoms with Gasteiger partial charge in [-0.05, 0) is 36.1 Å². The Bertz CT molecular complexity index is 859. The molecule has 2 heterocycles. The molecule has 2 aromatic carbocycles. The Morgan fingerprint density at radius 3 is 2.54 bits per heavy atom. The lowest BCUT2D eigenvalue weighted by molar-refractivity contribution is -0.180. The van der Waals surface area contributed by atoms with Gasteiger partial charge in [0.1, 0.15) is 5.75 Å². The molecule has 1 saturated heterocycles. The van der Waals surface area contributed by atoms with Crippen LogP contribution in [0.5, 0.6) is 5.75 Å². The molecular formula is C22H24ClNO4. The molecule has 0 unspecified atom stereocenters. The first-order valence-corrected chi connectivity index (χ1v) is 9.99. The van der Waals surface area contributed by atoms with E-state index in [1.807, 2.05) is 36.4 Å². The van der Waals surface area contributed by atoms with E-state index in [4.69, 9.17) is 25.8 Å². The lowest BCUT2D eigenvalue weighted by Crippen LogP contribution is -2.40. The van der Waals surface area contributed by atoms with Crippen molar-refractivity contribution < 1.29 is 19.0 Å². The van der Waals surface area contributed by atoms with Crippen molar-refractivity contribution in [2.45, 2.75) is 32.6 Å². The van der Waals surface area contributed by atoms with Gasteiger partial charge in [-0.1, -0.05) is 49.7 Å². The molecule has 0 radical (unpaired) electrons. The summed E-state index contributed by atoms with van der Waals surface area (Å²) in [7, 11) is 0. The number of benzene rings is 2. The van der Waals surface area contributed by atoms with Gasteiger partial charge in [-0.15, -0.1) is 0 Å². The zero-order valence-electron chi connectivity index (χ0n) is 16.1. The molecule has 28 heavy (non-hydrogen) atoms. The highest BCUT2D eigenvalue weighted by Gasteiger charge is 2.56. The van der Waals surface area contributed by atoms with E-state index in [-0.39, 0.29) is 5.91 Å². The summed E-state index contributed by atoms with van der Waals surface area (Å²) in [4.78, 5) is 14.9. The van der Waals surface area contributed by atoms with Crippen LogP contribution in [0.25, 0.3) is 0 Å². The van der Waals surface area contributed by atoms with Crippen LogP contribution in [0.2, 0.25) is 5.02 Å². The number of nitrogens with zero attached hydrogens (tertiary/aromatic N) is 1. The summed E-state index contributed by atoms with van der Waals surface area (Å²) in [6.07, 6.45) is 1.02. The molecule has 1 fully saturated rings. The fourth-order valence-corrected chi connectivity index (χ4v) is 3.85. The first-order chi connectivity index (χ1) is 13.5. The smallest absolute Gasteiger partial charge is 0.292 e. The number of amides is 1. The first kappa shape index (κ1) is 19.2. The molecule has 6 heteroatoms. The van der Waals surface area contributed by atoms with Gasteiger partial charge in [-0.2, -0.15) is 0 Å². The minimum Gasteiger partial charge on any atom is -0.494 e. The second-order valence-electron chi connectivity index (χ2n) is 7.52. The Labute approximate surface area is 170 Å². The highest BCUT2D eigenvalue weighted by molar-refractivity contribution is 6.35. The number of hydrogen-bond acceptors (Lipinski definition) is 4. The average Bonchev–Trinajstić information content (AvgIpc) is 3.25. The Morgan fingerprint density at radius 2 is 1.86 bits per heavy atom. The number of fused-ring (bicyclic) bond motifs is 2. The Balaban J connectivity index is 1.54. The van der Waals surface area contributed by atoms with Crippen LogP contribution in [0.3, 0.4) is 0 Å². The Hall–Kier alpha value is -2.08. The summed E-state index contributed by atoms with van der Waals surface area (Å²) in [5, 5.41) is 0.510. The van der Waals surface area contributed by atoms with Crippen molar-refractivity contribution in [3.63, 3.8) is 0 Å². The zero-order valence-corrected chi connectivity index (χ0v) is 16.9. The molecule has 1 spiro atoms. The fraction of sp³-hybridized carbons (Fsp3) is 0.409. The number of rotatable bonds is 6. The lowest BCUT2D eigenvalue weighted by Gasteiger charge is -2.22. The average molecular weight is 402 g/mol. The summed E-state index contributed by atoms with van der Waals surface area (Å²) in [6.45, 7) is 6.19. The predicted molar refractivity (Wildman–Crippen MR) is 108 cm³/mol. The molecule has 2 aromatic rings. The molecule has 2 aliphatic heterocycles. The molecule has 0 N–H and O–H groups in total. The van der Waals surface area contributed by atoms with Crippen LogP contribution >= 0.6 is 11.6 Å². The minimum atomic E-state index is -1.36. The standard InChI is InChI=1S/C22H24ClNO4/c1-15(2)10-11-26-17-8-6-16(7-9-17)14-24-20-18(4-3-5-19(20)23)22(21(24)25)27-12-13-28-22/h3-9,15H,10-14H2,1-2H3. The van der Waals surface area contributed by atoms with Gasteiger partial charge in [-0.25, -0.2) is 0 Å². The minimum absolute atomic E-state index is 0.231. The summed E-state index contributed by atoms with van der Waals surface area (Å²) in [5.74, 6) is -0.155. The molecule has 4 rings (SSSR count). The molecule has 0 bridgehead atoms. The highest BCUT2D eigenvalue weighted by Crippen LogP contribution is 2.49. The summed E-state index contributed by atoms with van der Waals surface area (Å²) in [5.41, 5.74) is 2.31. The SMILES string of the molecule is CC(C)CCOc1ccc(CN2C(=O)C3(OCCO3)c3cccc(Cl)c32)cc1. The monoisotopic (exact) mass is 401 g/mol. The van der Waals surface area contributed by atoms with E-state index in [2.05, 4.69) is 13.8 Å². The second-order valence-corrected chi connectivity index (χ2v) is 7.92. The van der Waals surface area contributed by atoms with Gasteiger partial charge in [0, 0.05) is 5.56 Å². The topological polar surface area (TPSA) is 48.0 Å². The van der Waals surface area contributed by atoms with Gasteiger partial charge < -0.3 is 19.1 Å². The van der Waals surface area contributed by atoms with Crippen LogP contribution in [-0.4, -0.2) is 25.7 Å². The normalized spacial score (nSPS) is 17.6. The van der Waals surface area contributed by atoms with Crippen molar-refractivity contribution in [2.24, 2.45) is 5.92 Å². The summed E-state index contributed by atoms with van der Waals surface area (Å²) >= 11 is 6.44. The Morgan fingerprint density at radius 1 is 1.14 bits per heavy atom. The van der Waals surface area contributed by atoms with Crippen LogP contribution in [0.1, 0.15) is 31.4 Å². The number of carbonyl (C=O) groups excluding carboxylic acids is 1. The number of para-hydroxylation sites is 1. The number of halogens is 1. The quantitative estimate of drug-likeness (QED) is 0.714. The third kappa shape index (κ3) is 3.39. The van der Waals surface area contributed by atoms with Crippen LogP contribution < -0.4 is 9.64 Å². The third-order valence-electron chi connectivity index (χ3n) is 5.06. The van der Waals surface area contributed by atoms with E-state index in [1.54, 1.807) is 11.0 Å². The molecule has 2 aliphatic rings. The van der Waals surface area contributed by atoms with Gasteiger partial charge >= 0.3 is 0 Å². The van der Waals surface area contributed by atoms with Crippen molar-refractivity contribution in [3.05, 3.63) is 58.6 Å². The molecule has 5 nitrogen and oxygen atoms in total. The van der Waals surface area contributed by atoms with E-state index in [0.717, 1.165) is 17.7 Å². The van der Waals surface area contributed by atoms with E-state index in [0.29, 0.717) is 48.6 Å². The number of ether oxygens (including phenoxy) is 3. The van der Waals surface area contributed by atoms with Crippen molar-refractivity contribution in [3.8, 4) is 5.75 Å². The van der Waals surface area contributed by atoms with Crippen LogP contribution in [0.4, 0.5) is 5.69 Å². The van der Waals surface area contributed by atoms with Crippen LogP contribution in [0, 0.1) is 5.92 Å². The molecule has 1 amide bonds. The van der Waals surface area contributed by atoms with Gasteiger partial charge in [0.2, 0.25) is 0 Å². The molecule has 0 atom stereocenters. The van der Waals surface area contributed by atoms with E-state index in [1.165, 1.54) is 0 Å². The lowest BCUT2D eigenvalue weighted by atomic mass is 10.1. The number of anilines is 1. The first-order valence-electron chi connectivity index (χ1n) is 9.62. The molecule has 148 valence electrons. The van der Waals surface area contributed by atoms with Gasteiger partial charge in [-0.3, -0.25) is 4.79 Å². The van der Waals surface area contributed by atoms with E-state index < -0.39 is 5.79 Å². The van der Waals surface area contributed by atoms with Crippen molar-refractivity contribution in [2.75, 3.05) is 24.7 Å². The molecular weight excluding hydrogens is 378 g/mol. The van der Waals surface area contributed by atoms with Gasteiger partial charge in [0.25, 0.3) is 11.7 Å². The number of hydrogen-bond donors (Lipinski definition) is 0. The zero-order chi connectivity index (χ0) is 19.7. The maximum absolute atomic E-state index is 13.2. The van der Waals surface area contributed by atoms with Gasteiger partial charge in [0.15, 0.2) is 0 Å². The van der Waals surface area contributed by atoms with Crippen molar-refractivity contribution in [1.29, 1.82) is 0 Å². The maximum atomic E-state index is 13.2. The van der Waals surface area contributed by atoms with E-state index in [9.17, 15) is 4.79 Å². The second kappa shape index (κ2) is 7.74. The van der Waals surface area contributed by atoms with Crippen LogP contribution in [-0.2, 0) is 26.6 Å². The molecule has 0 aromatic heterocycles. The van der Waals surface area contributed by atoms with Crippen LogP contribution in [0.15, 0.2) is 42.5 Å². The summed E-state index contributed by atoms with van der Waals surface area (Å²) in [6, 6.07) is 13.2. The highest BCUT2D eigenvalue weighted by atomic mass is 35.5. The fourth-order valence-electron chi connectivity index (χ4n) is 3.58. The van der Waals surface area contributed by atoms with Crippen molar-refractivity contribution >= 4 is 23.2 Å². The van der Waals surface area contributed by atoms with Gasteiger partial charge in [0.05, 0.1) is 37.1 Å². The third-order valence-corrected chi connectivity index (χ3v) is 5.36. The van der Waals surface area contributed by atoms with E-state index >= 15 is 0 Å².